The van der Waals surface area contributed by atoms with Crippen molar-refractivity contribution < 1.29 is 9.47 Å². The van der Waals surface area contributed by atoms with Gasteiger partial charge in [0.25, 0.3) is 0 Å². The Labute approximate surface area is 141 Å². The number of aromatic nitrogens is 1. The summed E-state index contributed by atoms with van der Waals surface area (Å²) < 4.78 is 12.1. The second-order valence-corrected chi connectivity index (χ2v) is 6.06. The molecule has 0 amide bonds. The van der Waals surface area contributed by atoms with Crippen molar-refractivity contribution in [3.63, 3.8) is 0 Å². The number of nitrogens with zero attached hydrogens (tertiary/aromatic N) is 3. The van der Waals surface area contributed by atoms with Gasteiger partial charge in [-0.25, -0.2) is 9.98 Å². The number of aryl methyl sites for hydroxylation is 1. The smallest absolute Gasteiger partial charge is 0.228 e. The molecular weight excluding hydrogens is 346 g/mol. The fraction of sp³-hybridized carbons (Fsp3) is 0.625. The van der Waals surface area contributed by atoms with E-state index in [4.69, 9.17) is 9.47 Å². The Hall–Kier alpha value is -1.14. The highest BCUT2D eigenvalue weighted by atomic mass is 79.9. The van der Waals surface area contributed by atoms with E-state index in [1.807, 2.05) is 31.9 Å². The summed E-state index contributed by atoms with van der Waals surface area (Å²) in [6.07, 6.45) is 2.76. The summed E-state index contributed by atoms with van der Waals surface area (Å²) in [6, 6.07) is 1.93. The standard InChI is InChI=1S/C16H26BrN3O2/c1-6-8-21-10-12(3)22-16-14(17)9-15(13(4)19-16)18-11-20(5)7-2/h9,11-12H,6-8,10H2,1-5H3/b18-11-/t12-/m1/s1. The molecule has 0 unspecified atom stereocenters. The van der Waals surface area contributed by atoms with Crippen LogP contribution in [0.4, 0.5) is 5.69 Å². The van der Waals surface area contributed by atoms with Gasteiger partial charge >= 0.3 is 0 Å². The fourth-order valence-corrected chi connectivity index (χ4v) is 2.02. The molecule has 0 aliphatic rings. The van der Waals surface area contributed by atoms with E-state index in [9.17, 15) is 0 Å². The molecule has 1 rings (SSSR count). The molecule has 0 aliphatic carbocycles. The summed E-state index contributed by atoms with van der Waals surface area (Å²) in [6.45, 7) is 10.3. The molecule has 22 heavy (non-hydrogen) atoms. The number of hydrogen-bond donors (Lipinski definition) is 0. The van der Waals surface area contributed by atoms with Crippen LogP contribution in [0.2, 0.25) is 0 Å². The SMILES string of the molecule is CCCOC[C@@H](C)Oc1nc(C)c(/N=C\N(C)CC)cc1Br. The van der Waals surface area contributed by atoms with Gasteiger partial charge in [-0.2, -0.15) is 0 Å². The summed E-state index contributed by atoms with van der Waals surface area (Å²) in [5.41, 5.74) is 1.66. The highest BCUT2D eigenvalue weighted by Gasteiger charge is 2.12. The van der Waals surface area contributed by atoms with E-state index in [1.54, 1.807) is 6.34 Å². The van der Waals surface area contributed by atoms with Crippen LogP contribution >= 0.6 is 15.9 Å². The molecule has 0 aliphatic heterocycles. The van der Waals surface area contributed by atoms with Crippen LogP contribution < -0.4 is 4.74 Å². The molecular formula is C16H26BrN3O2. The Bertz CT molecular complexity index is 495. The second kappa shape index (κ2) is 9.79. The number of pyridine rings is 1. The van der Waals surface area contributed by atoms with Crippen molar-refractivity contribution in [1.82, 2.24) is 9.88 Å². The molecule has 6 heteroatoms. The maximum absolute atomic E-state index is 5.83. The van der Waals surface area contributed by atoms with Gasteiger partial charge in [-0.3, -0.25) is 0 Å². The second-order valence-electron chi connectivity index (χ2n) is 5.20. The fourth-order valence-electron chi connectivity index (χ4n) is 1.62. The maximum Gasteiger partial charge on any atom is 0.228 e. The van der Waals surface area contributed by atoms with E-state index in [1.165, 1.54) is 0 Å². The highest BCUT2D eigenvalue weighted by molar-refractivity contribution is 9.10. The predicted octanol–water partition coefficient (Wildman–Crippen LogP) is 3.96. The Balaban J connectivity index is 2.74. The van der Waals surface area contributed by atoms with Crippen LogP contribution in [-0.4, -0.2) is 49.1 Å². The van der Waals surface area contributed by atoms with Gasteiger partial charge in [-0.05, 0) is 49.2 Å². The van der Waals surface area contributed by atoms with Crippen LogP contribution in [0.5, 0.6) is 5.88 Å². The molecule has 124 valence electrons. The van der Waals surface area contributed by atoms with Gasteiger partial charge < -0.3 is 14.4 Å². The lowest BCUT2D eigenvalue weighted by molar-refractivity contribution is 0.0563. The van der Waals surface area contributed by atoms with E-state index < -0.39 is 0 Å². The number of hydrogen-bond acceptors (Lipinski definition) is 4. The summed E-state index contributed by atoms with van der Waals surface area (Å²) in [4.78, 5) is 10.9. The van der Waals surface area contributed by atoms with Crippen molar-refractivity contribution in [2.24, 2.45) is 4.99 Å². The summed E-state index contributed by atoms with van der Waals surface area (Å²) in [7, 11) is 1.98. The molecule has 1 aromatic heterocycles. The first-order valence-corrected chi connectivity index (χ1v) is 8.43. The molecule has 0 spiro atoms. The van der Waals surface area contributed by atoms with Crippen LogP contribution in [0.3, 0.4) is 0 Å². The average Bonchev–Trinajstić information content (AvgIpc) is 2.49. The Morgan fingerprint density at radius 1 is 1.45 bits per heavy atom. The third kappa shape index (κ3) is 6.32. The van der Waals surface area contributed by atoms with Crippen LogP contribution in [-0.2, 0) is 4.74 Å². The molecule has 0 radical (unpaired) electrons. The van der Waals surface area contributed by atoms with Gasteiger partial charge in [-0.1, -0.05) is 6.92 Å². The van der Waals surface area contributed by atoms with Crippen LogP contribution in [0.1, 0.15) is 32.9 Å². The first-order chi connectivity index (χ1) is 10.5. The monoisotopic (exact) mass is 371 g/mol. The molecule has 0 fully saturated rings. The zero-order chi connectivity index (χ0) is 16.5. The van der Waals surface area contributed by atoms with Crippen molar-refractivity contribution in [1.29, 1.82) is 0 Å². The maximum atomic E-state index is 5.83. The van der Waals surface area contributed by atoms with Crippen LogP contribution in [0, 0.1) is 6.92 Å². The Kier molecular flexibility index (Phi) is 8.42. The molecule has 0 N–H and O–H groups in total. The normalized spacial score (nSPS) is 12.6. The minimum atomic E-state index is -0.0460. The zero-order valence-electron chi connectivity index (χ0n) is 14.1. The van der Waals surface area contributed by atoms with E-state index in [0.717, 1.165) is 35.4 Å². The van der Waals surface area contributed by atoms with Gasteiger partial charge in [0.2, 0.25) is 5.88 Å². The largest absolute Gasteiger partial charge is 0.471 e. The lowest BCUT2D eigenvalue weighted by Gasteiger charge is -2.16. The number of rotatable bonds is 9. The Morgan fingerprint density at radius 2 is 2.18 bits per heavy atom. The molecule has 1 heterocycles. The van der Waals surface area contributed by atoms with Crippen molar-refractivity contribution in [3.05, 3.63) is 16.2 Å². The lowest BCUT2D eigenvalue weighted by Crippen LogP contribution is -2.20. The lowest BCUT2D eigenvalue weighted by atomic mass is 10.3. The molecule has 1 atom stereocenters. The van der Waals surface area contributed by atoms with Crippen LogP contribution in [0.25, 0.3) is 0 Å². The van der Waals surface area contributed by atoms with E-state index >= 15 is 0 Å². The minimum Gasteiger partial charge on any atom is -0.471 e. The van der Waals surface area contributed by atoms with E-state index in [-0.39, 0.29) is 6.10 Å². The minimum absolute atomic E-state index is 0.0460. The van der Waals surface area contributed by atoms with Gasteiger partial charge in [0, 0.05) is 20.2 Å². The molecule has 0 aromatic carbocycles. The van der Waals surface area contributed by atoms with Crippen LogP contribution in [0.15, 0.2) is 15.5 Å². The number of aliphatic imine (C=N–C) groups is 1. The number of ether oxygens (including phenoxy) is 2. The van der Waals surface area contributed by atoms with Crippen molar-refractivity contribution in [2.75, 3.05) is 26.8 Å². The predicted molar refractivity (Wildman–Crippen MR) is 94.3 cm³/mol. The van der Waals surface area contributed by atoms with Crippen molar-refractivity contribution in [3.8, 4) is 5.88 Å². The highest BCUT2D eigenvalue weighted by Crippen LogP contribution is 2.30. The third-order valence-corrected chi connectivity index (χ3v) is 3.58. The van der Waals surface area contributed by atoms with Gasteiger partial charge in [0.05, 0.1) is 28.8 Å². The molecule has 0 bridgehead atoms. The van der Waals surface area contributed by atoms with Gasteiger partial charge in [0.1, 0.15) is 6.10 Å². The topological polar surface area (TPSA) is 47.0 Å². The average molecular weight is 372 g/mol. The first kappa shape index (κ1) is 18.9. The van der Waals surface area contributed by atoms with E-state index in [2.05, 4.69) is 39.8 Å². The molecule has 0 saturated heterocycles. The van der Waals surface area contributed by atoms with Gasteiger partial charge in [-0.15, -0.1) is 0 Å². The zero-order valence-corrected chi connectivity index (χ0v) is 15.7. The van der Waals surface area contributed by atoms with Gasteiger partial charge in [0.15, 0.2) is 0 Å². The summed E-state index contributed by atoms with van der Waals surface area (Å²) in [5, 5.41) is 0. The summed E-state index contributed by atoms with van der Waals surface area (Å²) >= 11 is 3.50. The van der Waals surface area contributed by atoms with E-state index in [0.29, 0.717) is 12.5 Å². The molecule has 0 saturated carbocycles. The molecule has 1 aromatic rings. The first-order valence-electron chi connectivity index (χ1n) is 7.63. The Morgan fingerprint density at radius 3 is 2.82 bits per heavy atom. The van der Waals surface area contributed by atoms with Crippen molar-refractivity contribution >= 4 is 28.0 Å². The quantitative estimate of drug-likeness (QED) is 0.374. The van der Waals surface area contributed by atoms with Crippen molar-refractivity contribution in [2.45, 2.75) is 40.2 Å². The third-order valence-electron chi connectivity index (χ3n) is 3.01. The number of halogens is 1. The molecule has 5 nitrogen and oxygen atoms in total. The summed E-state index contributed by atoms with van der Waals surface area (Å²) in [5.74, 6) is 0.577.